The average molecular weight is 397 g/mol. The maximum Gasteiger partial charge on any atom is 0.422 e. The van der Waals surface area contributed by atoms with Gasteiger partial charge in [-0.05, 0) is 35.4 Å². The number of benzene rings is 3. The van der Waals surface area contributed by atoms with E-state index >= 15 is 0 Å². The Morgan fingerprint density at radius 2 is 1.52 bits per heavy atom. The molecule has 29 heavy (non-hydrogen) atoms. The van der Waals surface area contributed by atoms with Gasteiger partial charge in [-0.3, -0.25) is 9.59 Å². The van der Waals surface area contributed by atoms with Crippen molar-refractivity contribution in [2.45, 2.75) is 6.18 Å². The van der Waals surface area contributed by atoms with Gasteiger partial charge in [-0.2, -0.15) is 13.2 Å². The first-order valence-corrected chi connectivity index (χ1v) is 8.71. The molecular formula is C22H14F3NO3. The van der Waals surface area contributed by atoms with Crippen molar-refractivity contribution in [3.8, 4) is 16.9 Å². The Bertz CT molecular complexity index is 1120. The number of hydrogen-bond donors (Lipinski definition) is 1. The number of carbonyl (C=O) groups is 2. The lowest BCUT2D eigenvalue weighted by Gasteiger charge is -2.14. The van der Waals surface area contributed by atoms with E-state index in [1.165, 1.54) is 24.3 Å². The van der Waals surface area contributed by atoms with Crippen LogP contribution in [-0.2, 0) is 0 Å². The number of alkyl halides is 3. The topological polar surface area (TPSA) is 55.4 Å². The molecule has 1 amide bonds. The summed E-state index contributed by atoms with van der Waals surface area (Å²) >= 11 is 0. The van der Waals surface area contributed by atoms with E-state index in [-0.39, 0.29) is 22.8 Å². The van der Waals surface area contributed by atoms with Gasteiger partial charge in [0, 0.05) is 16.7 Å². The van der Waals surface area contributed by atoms with Crippen molar-refractivity contribution >= 4 is 17.4 Å². The second-order valence-corrected chi connectivity index (χ2v) is 6.49. The highest BCUT2D eigenvalue weighted by molar-refractivity contribution is 6.22. The van der Waals surface area contributed by atoms with Gasteiger partial charge < -0.3 is 10.1 Å². The molecule has 146 valence electrons. The predicted molar refractivity (Wildman–Crippen MR) is 101 cm³/mol. The minimum atomic E-state index is -4.49. The largest absolute Gasteiger partial charge is 0.482 e. The minimum Gasteiger partial charge on any atom is -0.482 e. The third-order valence-electron chi connectivity index (χ3n) is 4.51. The molecule has 0 saturated heterocycles. The second-order valence-electron chi connectivity index (χ2n) is 6.49. The molecule has 4 nitrogen and oxygen atoms in total. The Labute approximate surface area is 163 Å². The van der Waals surface area contributed by atoms with Crippen LogP contribution in [0.2, 0.25) is 0 Å². The van der Waals surface area contributed by atoms with Crippen molar-refractivity contribution in [1.29, 1.82) is 0 Å². The molecule has 0 atom stereocenters. The van der Waals surface area contributed by atoms with Gasteiger partial charge in [-0.15, -0.1) is 0 Å². The molecule has 0 radical (unpaired) electrons. The molecule has 0 bridgehead atoms. The summed E-state index contributed by atoms with van der Waals surface area (Å²) in [5.41, 5.74) is 2.88. The molecule has 1 N–H and O–H groups in total. The van der Waals surface area contributed by atoms with Gasteiger partial charge in [-0.25, -0.2) is 0 Å². The zero-order chi connectivity index (χ0) is 20.6. The average Bonchev–Trinajstić information content (AvgIpc) is 2.99. The summed E-state index contributed by atoms with van der Waals surface area (Å²) < 4.78 is 42.1. The minimum absolute atomic E-state index is 0.0946. The van der Waals surface area contributed by atoms with E-state index in [1.807, 2.05) is 12.1 Å². The van der Waals surface area contributed by atoms with Gasteiger partial charge in [0.05, 0.1) is 5.69 Å². The summed E-state index contributed by atoms with van der Waals surface area (Å²) in [6, 6.07) is 17.8. The van der Waals surface area contributed by atoms with Crippen molar-refractivity contribution in [2.75, 3.05) is 11.9 Å². The SMILES string of the molecule is O=C(Nc1ccccc1OCC(F)(F)F)c1ccc2c(c1)C(=O)c1ccccc1-2. The van der Waals surface area contributed by atoms with Crippen molar-refractivity contribution in [2.24, 2.45) is 0 Å². The first kappa shape index (κ1) is 18.7. The second kappa shape index (κ2) is 7.09. The third-order valence-corrected chi connectivity index (χ3v) is 4.51. The summed E-state index contributed by atoms with van der Waals surface area (Å²) in [6.07, 6.45) is -4.49. The lowest BCUT2D eigenvalue weighted by atomic mass is 10.0. The van der Waals surface area contributed by atoms with Gasteiger partial charge in [0.2, 0.25) is 0 Å². The number of anilines is 1. The van der Waals surface area contributed by atoms with Crippen LogP contribution in [0.3, 0.4) is 0 Å². The number of para-hydroxylation sites is 2. The third kappa shape index (κ3) is 3.71. The molecule has 1 aliphatic carbocycles. The maximum absolute atomic E-state index is 12.6. The van der Waals surface area contributed by atoms with Crippen LogP contribution in [0.5, 0.6) is 5.75 Å². The maximum atomic E-state index is 12.6. The summed E-state index contributed by atoms with van der Waals surface area (Å²) in [5.74, 6) is -0.818. The van der Waals surface area contributed by atoms with Gasteiger partial charge >= 0.3 is 6.18 Å². The van der Waals surface area contributed by atoms with Crippen LogP contribution in [0.1, 0.15) is 26.3 Å². The first-order chi connectivity index (χ1) is 13.8. The summed E-state index contributed by atoms with van der Waals surface area (Å²) in [7, 11) is 0. The fourth-order valence-electron chi connectivity index (χ4n) is 3.22. The van der Waals surface area contributed by atoms with E-state index in [0.717, 1.165) is 11.1 Å². The number of rotatable bonds is 4. The fourth-order valence-corrected chi connectivity index (χ4v) is 3.22. The molecular weight excluding hydrogens is 383 g/mol. The molecule has 0 fully saturated rings. The molecule has 0 aromatic heterocycles. The van der Waals surface area contributed by atoms with Crippen LogP contribution < -0.4 is 10.1 Å². The Morgan fingerprint density at radius 3 is 2.28 bits per heavy atom. The van der Waals surface area contributed by atoms with Crippen LogP contribution >= 0.6 is 0 Å². The normalized spacial score (nSPS) is 12.3. The van der Waals surface area contributed by atoms with Gasteiger partial charge in [0.15, 0.2) is 12.4 Å². The van der Waals surface area contributed by atoms with E-state index < -0.39 is 18.7 Å². The number of ether oxygens (including phenoxy) is 1. The molecule has 0 heterocycles. The van der Waals surface area contributed by atoms with E-state index in [0.29, 0.717) is 11.1 Å². The van der Waals surface area contributed by atoms with Crippen LogP contribution in [-0.4, -0.2) is 24.5 Å². The molecule has 7 heteroatoms. The molecule has 0 unspecified atom stereocenters. The van der Waals surface area contributed by atoms with Crippen molar-refractivity contribution < 1.29 is 27.5 Å². The van der Waals surface area contributed by atoms with E-state index in [4.69, 9.17) is 4.74 Å². The Kier molecular flexibility index (Phi) is 4.58. The molecule has 0 spiro atoms. The van der Waals surface area contributed by atoms with Gasteiger partial charge in [0.1, 0.15) is 5.75 Å². The number of fused-ring (bicyclic) bond motifs is 3. The zero-order valence-corrected chi connectivity index (χ0v) is 14.9. The fraction of sp³-hybridized carbons (Fsp3) is 0.0909. The van der Waals surface area contributed by atoms with Crippen LogP contribution in [0.4, 0.5) is 18.9 Å². The lowest BCUT2D eigenvalue weighted by molar-refractivity contribution is -0.153. The van der Waals surface area contributed by atoms with Crippen LogP contribution in [0.25, 0.3) is 11.1 Å². The molecule has 0 saturated carbocycles. The van der Waals surface area contributed by atoms with E-state index in [9.17, 15) is 22.8 Å². The number of amides is 1. The quantitative estimate of drug-likeness (QED) is 0.522. The molecule has 4 rings (SSSR count). The number of carbonyl (C=O) groups excluding carboxylic acids is 2. The molecule has 0 aliphatic heterocycles. The van der Waals surface area contributed by atoms with Crippen LogP contribution in [0.15, 0.2) is 66.7 Å². The highest BCUT2D eigenvalue weighted by atomic mass is 19.4. The molecule has 3 aromatic carbocycles. The van der Waals surface area contributed by atoms with E-state index in [2.05, 4.69) is 5.32 Å². The zero-order valence-electron chi connectivity index (χ0n) is 14.9. The number of halogens is 3. The highest BCUT2D eigenvalue weighted by Gasteiger charge is 2.29. The Balaban J connectivity index is 1.58. The van der Waals surface area contributed by atoms with Gasteiger partial charge in [-0.1, -0.05) is 42.5 Å². The summed E-state index contributed by atoms with van der Waals surface area (Å²) in [4.78, 5) is 25.2. The lowest BCUT2D eigenvalue weighted by Crippen LogP contribution is -2.20. The summed E-state index contributed by atoms with van der Waals surface area (Å²) in [6.45, 7) is -1.47. The monoisotopic (exact) mass is 397 g/mol. The number of nitrogens with one attached hydrogen (secondary N) is 1. The van der Waals surface area contributed by atoms with Crippen molar-refractivity contribution in [3.05, 3.63) is 83.4 Å². The van der Waals surface area contributed by atoms with Crippen molar-refractivity contribution in [1.82, 2.24) is 0 Å². The number of hydrogen-bond acceptors (Lipinski definition) is 3. The van der Waals surface area contributed by atoms with Crippen LogP contribution in [0, 0.1) is 0 Å². The van der Waals surface area contributed by atoms with Crippen molar-refractivity contribution in [3.63, 3.8) is 0 Å². The smallest absolute Gasteiger partial charge is 0.422 e. The van der Waals surface area contributed by atoms with E-state index in [1.54, 1.807) is 30.3 Å². The highest BCUT2D eigenvalue weighted by Crippen LogP contribution is 2.37. The predicted octanol–water partition coefficient (Wildman–Crippen LogP) is 5.09. The Hall–Kier alpha value is -3.61. The molecule has 3 aromatic rings. The van der Waals surface area contributed by atoms with Gasteiger partial charge in [0.25, 0.3) is 5.91 Å². The first-order valence-electron chi connectivity index (χ1n) is 8.71. The standard InChI is InChI=1S/C22H14F3NO3/c23-22(24,25)12-29-19-8-4-3-7-18(19)26-21(28)13-9-10-15-14-5-1-2-6-16(14)20(27)17(15)11-13/h1-11H,12H2,(H,26,28). The number of ketones is 1. The molecule has 1 aliphatic rings. The summed E-state index contributed by atoms with van der Waals surface area (Å²) in [5, 5.41) is 2.55. The Morgan fingerprint density at radius 1 is 0.862 bits per heavy atom.